The number of amides is 1. The smallest absolute Gasteiger partial charge is 0.276 e. The molecule has 1 aliphatic heterocycles. The number of nitrogens with zero attached hydrogens (tertiary/aromatic N) is 5. The first-order valence-corrected chi connectivity index (χ1v) is 7.61. The van der Waals surface area contributed by atoms with Gasteiger partial charge in [-0.1, -0.05) is 5.16 Å². The molecule has 0 unspecified atom stereocenters. The van der Waals surface area contributed by atoms with Crippen LogP contribution in [0, 0.1) is 0 Å². The minimum Gasteiger partial charge on any atom is -0.379 e. The first-order chi connectivity index (χ1) is 11.1. The van der Waals surface area contributed by atoms with Crippen LogP contribution in [0.4, 0.5) is 0 Å². The first-order valence-electron chi connectivity index (χ1n) is 7.61. The van der Waals surface area contributed by atoms with Gasteiger partial charge in [-0.25, -0.2) is 4.98 Å². The van der Waals surface area contributed by atoms with Crippen LogP contribution in [0.3, 0.4) is 0 Å². The van der Waals surface area contributed by atoms with Gasteiger partial charge in [-0.3, -0.25) is 9.69 Å². The summed E-state index contributed by atoms with van der Waals surface area (Å²) in [6, 6.07) is 1.71. The van der Waals surface area contributed by atoms with Gasteiger partial charge in [-0.05, 0) is 0 Å². The van der Waals surface area contributed by atoms with E-state index in [0.29, 0.717) is 24.5 Å². The number of ether oxygens (including phenoxy) is 1. The number of rotatable bonds is 5. The number of imidazole rings is 1. The third-order valence-electron chi connectivity index (χ3n) is 3.91. The zero-order chi connectivity index (χ0) is 16.2. The maximum Gasteiger partial charge on any atom is 0.276 e. The molecule has 3 heterocycles. The Bertz CT molecular complexity index is 660. The Morgan fingerprint density at radius 1 is 1.39 bits per heavy atom. The molecule has 0 bridgehead atoms. The van der Waals surface area contributed by atoms with Gasteiger partial charge in [-0.2, -0.15) is 0 Å². The predicted octanol–water partition coefficient (Wildman–Crippen LogP) is 0.512. The Labute approximate surface area is 134 Å². The molecule has 2 aromatic rings. The fourth-order valence-corrected chi connectivity index (χ4v) is 2.50. The van der Waals surface area contributed by atoms with Gasteiger partial charge in [0.2, 0.25) is 0 Å². The van der Waals surface area contributed by atoms with Crippen molar-refractivity contribution in [2.24, 2.45) is 7.05 Å². The van der Waals surface area contributed by atoms with E-state index in [1.165, 1.54) is 0 Å². The molecule has 1 amide bonds. The maximum atomic E-state index is 12.4. The van der Waals surface area contributed by atoms with Crippen LogP contribution < -0.4 is 0 Å². The van der Waals surface area contributed by atoms with Crippen LogP contribution in [0.25, 0.3) is 0 Å². The fourth-order valence-electron chi connectivity index (χ4n) is 2.50. The molecule has 0 aromatic carbocycles. The molecule has 0 spiro atoms. The van der Waals surface area contributed by atoms with Gasteiger partial charge in [0.05, 0.1) is 26.3 Å². The van der Waals surface area contributed by atoms with E-state index in [1.54, 1.807) is 24.2 Å². The fraction of sp³-hybridized carbons (Fsp3) is 0.533. The van der Waals surface area contributed by atoms with Crippen molar-refractivity contribution in [2.45, 2.75) is 13.1 Å². The molecule has 0 N–H and O–H groups in total. The first kappa shape index (κ1) is 15.7. The zero-order valence-corrected chi connectivity index (χ0v) is 13.4. The second kappa shape index (κ2) is 6.93. The standard InChI is InChI=1S/C15H21N5O3/c1-18-4-3-16-14(18)11-19(2)15(21)13-9-12(23-17-13)10-20-5-7-22-8-6-20/h3-4,9H,5-8,10-11H2,1-2H3. The van der Waals surface area contributed by atoms with E-state index < -0.39 is 0 Å². The molecule has 3 rings (SSSR count). The van der Waals surface area contributed by atoms with Crippen LogP contribution in [0.15, 0.2) is 23.0 Å². The van der Waals surface area contributed by atoms with Crippen LogP contribution in [-0.2, 0) is 24.9 Å². The molecular formula is C15H21N5O3. The topological polar surface area (TPSA) is 76.6 Å². The molecule has 1 fully saturated rings. The van der Waals surface area contributed by atoms with Gasteiger partial charge in [0, 0.05) is 45.6 Å². The van der Waals surface area contributed by atoms with Gasteiger partial charge in [0.25, 0.3) is 5.91 Å². The number of carbonyl (C=O) groups is 1. The molecular weight excluding hydrogens is 298 g/mol. The summed E-state index contributed by atoms with van der Waals surface area (Å²) in [7, 11) is 3.63. The van der Waals surface area contributed by atoms with Crippen molar-refractivity contribution in [1.82, 2.24) is 24.5 Å². The van der Waals surface area contributed by atoms with Crippen molar-refractivity contribution in [1.29, 1.82) is 0 Å². The highest BCUT2D eigenvalue weighted by Crippen LogP contribution is 2.11. The maximum absolute atomic E-state index is 12.4. The molecule has 23 heavy (non-hydrogen) atoms. The summed E-state index contributed by atoms with van der Waals surface area (Å²) < 4.78 is 12.5. The summed E-state index contributed by atoms with van der Waals surface area (Å²) >= 11 is 0. The largest absolute Gasteiger partial charge is 0.379 e. The lowest BCUT2D eigenvalue weighted by Crippen LogP contribution is -2.35. The van der Waals surface area contributed by atoms with Gasteiger partial charge in [-0.15, -0.1) is 0 Å². The molecule has 2 aromatic heterocycles. The van der Waals surface area contributed by atoms with E-state index in [9.17, 15) is 4.79 Å². The highest BCUT2D eigenvalue weighted by Gasteiger charge is 2.20. The molecule has 124 valence electrons. The van der Waals surface area contributed by atoms with Gasteiger partial charge in [0.15, 0.2) is 11.5 Å². The van der Waals surface area contributed by atoms with Crippen LogP contribution in [-0.4, -0.2) is 63.8 Å². The SMILES string of the molecule is CN(Cc1nccn1C)C(=O)c1cc(CN2CCOCC2)on1. The molecule has 0 saturated carbocycles. The van der Waals surface area contributed by atoms with Crippen LogP contribution >= 0.6 is 0 Å². The number of hydrogen-bond donors (Lipinski definition) is 0. The lowest BCUT2D eigenvalue weighted by Gasteiger charge is -2.25. The second-order valence-electron chi connectivity index (χ2n) is 5.68. The van der Waals surface area contributed by atoms with E-state index in [2.05, 4.69) is 15.0 Å². The third-order valence-corrected chi connectivity index (χ3v) is 3.91. The van der Waals surface area contributed by atoms with Crippen molar-refractivity contribution in [2.75, 3.05) is 33.4 Å². The Hall–Kier alpha value is -2.19. The number of carbonyl (C=O) groups excluding carboxylic acids is 1. The Morgan fingerprint density at radius 3 is 2.87 bits per heavy atom. The molecule has 8 heteroatoms. The zero-order valence-electron chi connectivity index (χ0n) is 13.4. The Kier molecular flexibility index (Phi) is 4.73. The third kappa shape index (κ3) is 3.77. The van der Waals surface area contributed by atoms with Crippen LogP contribution in [0.1, 0.15) is 22.1 Å². The monoisotopic (exact) mass is 319 g/mol. The van der Waals surface area contributed by atoms with Gasteiger partial charge >= 0.3 is 0 Å². The van der Waals surface area contributed by atoms with Crippen LogP contribution in [0.2, 0.25) is 0 Å². The van der Waals surface area contributed by atoms with Gasteiger partial charge in [0.1, 0.15) is 5.82 Å². The van der Waals surface area contributed by atoms with E-state index in [4.69, 9.17) is 9.26 Å². The molecule has 0 atom stereocenters. The quantitative estimate of drug-likeness (QED) is 0.799. The minimum absolute atomic E-state index is 0.176. The van der Waals surface area contributed by atoms with E-state index >= 15 is 0 Å². The van der Waals surface area contributed by atoms with Crippen molar-refractivity contribution < 1.29 is 14.1 Å². The summed E-state index contributed by atoms with van der Waals surface area (Å²) in [5.41, 5.74) is 0.324. The number of aromatic nitrogens is 3. The number of hydrogen-bond acceptors (Lipinski definition) is 6. The number of morpholine rings is 1. The van der Waals surface area contributed by atoms with Crippen molar-refractivity contribution in [3.63, 3.8) is 0 Å². The van der Waals surface area contributed by atoms with Gasteiger partial charge < -0.3 is 18.7 Å². The van der Waals surface area contributed by atoms with E-state index in [1.807, 2.05) is 17.8 Å². The highest BCUT2D eigenvalue weighted by atomic mass is 16.5. The molecule has 0 aliphatic carbocycles. The number of aryl methyl sites for hydroxylation is 1. The summed E-state index contributed by atoms with van der Waals surface area (Å²) in [5.74, 6) is 1.34. The highest BCUT2D eigenvalue weighted by molar-refractivity contribution is 5.91. The summed E-state index contributed by atoms with van der Waals surface area (Å²) in [6.07, 6.45) is 3.56. The molecule has 8 nitrogen and oxygen atoms in total. The van der Waals surface area contributed by atoms with Crippen molar-refractivity contribution in [3.8, 4) is 0 Å². The van der Waals surface area contributed by atoms with Crippen LogP contribution in [0.5, 0.6) is 0 Å². The Balaban J connectivity index is 1.60. The van der Waals surface area contributed by atoms with Crippen molar-refractivity contribution >= 4 is 5.91 Å². The normalized spacial score (nSPS) is 15.7. The van der Waals surface area contributed by atoms with E-state index in [-0.39, 0.29) is 5.91 Å². The van der Waals surface area contributed by atoms with Crippen molar-refractivity contribution in [3.05, 3.63) is 35.7 Å². The average Bonchev–Trinajstić information content (AvgIpc) is 3.17. The molecule has 1 aliphatic rings. The Morgan fingerprint density at radius 2 is 2.17 bits per heavy atom. The molecule has 0 radical (unpaired) electrons. The summed E-state index contributed by atoms with van der Waals surface area (Å²) in [6.45, 7) is 4.26. The average molecular weight is 319 g/mol. The second-order valence-corrected chi connectivity index (χ2v) is 5.68. The molecule has 1 saturated heterocycles. The van der Waals surface area contributed by atoms with E-state index in [0.717, 1.165) is 32.1 Å². The predicted molar refractivity (Wildman–Crippen MR) is 81.6 cm³/mol. The minimum atomic E-state index is -0.176. The lowest BCUT2D eigenvalue weighted by molar-refractivity contribution is 0.0305. The lowest BCUT2D eigenvalue weighted by atomic mass is 10.3. The summed E-state index contributed by atoms with van der Waals surface area (Å²) in [4.78, 5) is 20.4. The summed E-state index contributed by atoms with van der Waals surface area (Å²) in [5, 5.41) is 3.90.